The van der Waals surface area contributed by atoms with E-state index in [2.05, 4.69) is 79.7 Å². The summed E-state index contributed by atoms with van der Waals surface area (Å²) in [5, 5.41) is 0. The first kappa shape index (κ1) is 31.6. The Morgan fingerprint density at radius 2 is 0.943 bits per heavy atom. The van der Waals surface area contributed by atoms with Gasteiger partial charge in [-0.15, -0.1) is 0 Å². The molecule has 0 aliphatic heterocycles. The Balaban J connectivity index is 0.00000216. The first-order chi connectivity index (χ1) is 15.5. The van der Waals surface area contributed by atoms with Gasteiger partial charge >= 0.3 is 218 Å². The maximum Gasteiger partial charge on any atom is -1.00 e. The summed E-state index contributed by atoms with van der Waals surface area (Å²) in [6.45, 7) is 20.2. The monoisotopic (exact) mass is 594 g/mol. The van der Waals surface area contributed by atoms with Gasteiger partial charge in [0.05, 0.1) is 0 Å². The summed E-state index contributed by atoms with van der Waals surface area (Å²) in [7, 11) is 0. The Hall–Kier alpha value is 0.423. The molecule has 0 bridgehead atoms. The van der Waals surface area contributed by atoms with Crippen LogP contribution in [-0.4, -0.2) is 0 Å². The molecule has 0 heterocycles. The molecule has 0 aromatic carbocycles. The molecule has 0 nitrogen and oxygen atoms in total. The first-order valence-electron chi connectivity index (χ1n) is 14.1. The molecule has 3 heteroatoms. The van der Waals surface area contributed by atoms with Crippen molar-refractivity contribution in [2.45, 2.75) is 120 Å². The third kappa shape index (κ3) is 5.08. The molecule has 2 fully saturated rings. The second kappa shape index (κ2) is 11.7. The maximum atomic E-state index is 2.61. The van der Waals surface area contributed by atoms with E-state index >= 15 is 0 Å². The SMILES string of the molecule is CC(C)C(C)(C)C1(C2=[C]([Zr+2][C]3=C(C4(C(C)(C)C(C)C)CCCC4)C=CC3)CC=C2)CCCC1.[Cl-].[Cl-]. The maximum absolute atomic E-state index is 2.61. The fourth-order valence-corrected chi connectivity index (χ4v) is 12.1. The molecule has 35 heavy (non-hydrogen) atoms. The van der Waals surface area contributed by atoms with Gasteiger partial charge in [0.25, 0.3) is 0 Å². The van der Waals surface area contributed by atoms with Gasteiger partial charge in [0.2, 0.25) is 0 Å². The molecular weight excluding hydrogens is 546 g/mol. The molecule has 0 atom stereocenters. The zero-order chi connectivity index (χ0) is 24.1. The van der Waals surface area contributed by atoms with Crippen LogP contribution >= 0.6 is 0 Å². The molecule has 0 unspecified atom stereocenters. The Labute approximate surface area is 241 Å². The predicted octanol–water partition coefficient (Wildman–Crippen LogP) is 3.99. The van der Waals surface area contributed by atoms with Gasteiger partial charge in [0.15, 0.2) is 0 Å². The Kier molecular flexibility index (Phi) is 10.5. The van der Waals surface area contributed by atoms with E-state index in [1.807, 2.05) is 17.7 Å². The minimum Gasteiger partial charge on any atom is -1.00 e. The third-order valence-corrected chi connectivity index (χ3v) is 15.3. The van der Waals surface area contributed by atoms with Gasteiger partial charge < -0.3 is 24.8 Å². The summed E-state index contributed by atoms with van der Waals surface area (Å²) in [5.41, 5.74) is 5.23. The topological polar surface area (TPSA) is 0 Å². The van der Waals surface area contributed by atoms with E-state index in [1.165, 1.54) is 64.2 Å². The van der Waals surface area contributed by atoms with E-state index in [4.69, 9.17) is 0 Å². The van der Waals surface area contributed by atoms with Crippen LogP contribution in [0.15, 0.2) is 42.0 Å². The number of rotatable bonds is 8. The summed E-state index contributed by atoms with van der Waals surface area (Å²) in [6.07, 6.45) is 24.1. The summed E-state index contributed by atoms with van der Waals surface area (Å²) in [4.78, 5) is 0. The van der Waals surface area contributed by atoms with E-state index in [9.17, 15) is 0 Å². The zero-order valence-corrected chi connectivity index (χ0v) is 27.8. The molecule has 0 spiro atoms. The van der Waals surface area contributed by atoms with Crippen molar-refractivity contribution in [1.29, 1.82) is 0 Å². The summed E-state index contributed by atoms with van der Waals surface area (Å²) >= 11 is -0.766. The summed E-state index contributed by atoms with van der Waals surface area (Å²) in [5.74, 6) is 1.44. The molecule has 4 aliphatic rings. The molecule has 2 saturated carbocycles. The van der Waals surface area contributed by atoms with Gasteiger partial charge in [-0.1, -0.05) is 0 Å². The minimum absolute atomic E-state index is 0. The van der Waals surface area contributed by atoms with Crippen LogP contribution in [0.25, 0.3) is 0 Å². The van der Waals surface area contributed by atoms with E-state index in [0.29, 0.717) is 21.7 Å². The van der Waals surface area contributed by atoms with E-state index < -0.39 is 23.2 Å². The molecule has 4 aliphatic carbocycles. The van der Waals surface area contributed by atoms with Crippen molar-refractivity contribution < 1.29 is 48.0 Å². The third-order valence-electron chi connectivity index (χ3n) is 11.5. The minimum atomic E-state index is -0.766. The standard InChI is InChI=1S/2C16H25.2ClH.Zr/c2*1-13(2)15(3,4)16(11-7-8-12-16)14-9-5-6-10-14;;;/h2*5,9,13H,6-8,11-12H2,1-4H3;2*1H;/q;;;;+2/p-2. The second-order valence-electron chi connectivity index (χ2n) is 13.5. The fourth-order valence-electron chi connectivity index (χ4n) is 7.91. The van der Waals surface area contributed by atoms with Crippen molar-refractivity contribution in [3.63, 3.8) is 0 Å². The number of hydrogen-bond donors (Lipinski definition) is 0. The number of halogens is 2. The molecular formula is C32H50Cl2Zr. The largest absolute Gasteiger partial charge is 1.00 e. The van der Waals surface area contributed by atoms with Crippen molar-refractivity contribution in [3.05, 3.63) is 42.0 Å². The van der Waals surface area contributed by atoms with Gasteiger partial charge in [-0.2, -0.15) is 0 Å². The Morgan fingerprint density at radius 1 is 0.629 bits per heavy atom. The molecule has 0 amide bonds. The quantitative estimate of drug-likeness (QED) is 0.398. The van der Waals surface area contributed by atoms with E-state index in [1.54, 1.807) is 0 Å². The van der Waals surface area contributed by atoms with Gasteiger partial charge in [0.1, 0.15) is 0 Å². The average molecular weight is 597 g/mol. The molecule has 0 radical (unpaired) electrons. The van der Waals surface area contributed by atoms with Crippen LogP contribution in [0, 0.1) is 33.5 Å². The van der Waals surface area contributed by atoms with Crippen molar-refractivity contribution in [3.8, 4) is 0 Å². The molecule has 0 aromatic rings. The smallest absolute Gasteiger partial charge is 1.00 e. The molecule has 0 aromatic heterocycles. The van der Waals surface area contributed by atoms with Gasteiger partial charge in [-0.05, 0) is 0 Å². The average Bonchev–Trinajstić information content (AvgIpc) is 3.53. The van der Waals surface area contributed by atoms with Crippen LogP contribution in [0.5, 0.6) is 0 Å². The van der Waals surface area contributed by atoms with Crippen LogP contribution in [0.4, 0.5) is 0 Å². The zero-order valence-electron chi connectivity index (χ0n) is 23.8. The van der Waals surface area contributed by atoms with Crippen LogP contribution in [0.1, 0.15) is 120 Å². The van der Waals surface area contributed by atoms with Crippen molar-refractivity contribution in [2.24, 2.45) is 33.5 Å². The van der Waals surface area contributed by atoms with Gasteiger partial charge in [0, 0.05) is 0 Å². The first-order valence-corrected chi connectivity index (χ1v) is 16.5. The van der Waals surface area contributed by atoms with E-state index in [0.717, 1.165) is 11.8 Å². The fraction of sp³-hybridized carbons (Fsp3) is 0.750. The number of allylic oxidation sites excluding steroid dienone is 8. The number of hydrogen-bond acceptors (Lipinski definition) is 0. The molecule has 0 N–H and O–H groups in total. The second-order valence-corrected chi connectivity index (χ2v) is 17.0. The van der Waals surface area contributed by atoms with Crippen LogP contribution in [-0.2, 0) is 23.2 Å². The van der Waals surface area contributed by atoms with Gasteiger partial charge in [-0.25, -0.2) is 0 Å². The molecule has 0 saturated heterocycles. The molecule has 196 valence electrons. The summed E-state index contributed by atoms with van der Waals surface area (Å²) < 4.78 is 3.86. The predicted molar refractivity (Wildman–Crippen MR) is 141 cm³/mol. The van der Waals surface area contributed by atoms with Crippen molar-refractivity contribution in [2.75, 3.05) is 0 Å². The normalized spacial score (nSPS) is 23.4. The Morgan fingerprint density at radius 3 is 1.23 bits per heavy atom. The van der Waals surface area contributed by atoms with Crippen LogP contribution in [0.2, 0.25) is 0 Å². The van der Waals surface area contributed by atoms with Crippen molar-refractivity contribution >= 4 is 0 Å². The van der Waals surface area contributed by atoms with Crippen LogP contribution < -0.4 is 24.8 Å². The summed E-state index contributed by atoms with van der Waals surface area (Å²) in [6, 6.07) is 0. The van der Waals surface area contributed by atoms with E-state index in [-0.39, 0.29) is 24.8 Å². The Bertz CT molecular complexity index is 797. The van der Waals surface area contributed by atoms with Crippen LogP contribution in [0.3, 0.4) is 0 Å². The molecule has 4 rings (SSSR count). The van der Waals surface area contributed by atoms with Crippen molar-refractivity contribution in [1.82, 2.24) is 0 Å². The van der Waals surface area contributed by atoms with Gasteiger partial charge in [-0.3, -0.25) is 0 Å².